The molecule has 0 radical (unpaired) electrons. The quantitative estimate of drug-likeness (QED) is 0.407. The van der Waals surface area contributed by atoms with E-state index < -0.39 is 10.8 Å². The number of benzene rings is 3. The predicted octanol–water partition coefficient (Wildman–Crippen LogP) is 5.07. The zero-order chi connectivity index (χ0) is 18.3. The lowest BCUT2D eigenvalue weighted by atomic mass is 10.1. The van der Waals surface area contributed by atoms with E-state index in [0.29, 0.717) is 5.69 Å². The molecule has 0 aromatic heterocycles. The number of nitrogens with one attached hydrogen (secondary N) is 1. The summed E-state index contributed by atoms with van der Waals surface area (Å²) < 4.78 is 0. The Morgan fingerprint density at radius 3 is 2.58 bits per heavy atom. The Bertz CT molecular complexity index is 1060. The van der Waals surface area contributed by atoms with Crippen LogP contribution in [0.15, 0.2) is 60.7 Å². The number of carbonyl (C=O) groups is 1. The summed E-state index contributed by atoms with van der Waals surface area (Å²) in [5.74, 6) is -0.542. The van der Waals surface area contributed by atoms with Crippen molar-refractivity contribution in [2.75, 3.05) is 5.32 Å². The second-order valence-corrected chi connectivity index (χ2v) is 6.51. The monoisotopic (exact) mass is 364 g/mol. The molecular formula is C20H13ClN2O3. The van der Waals surface area contributed by atoms with Crippen molar-refractivity contribution in [2.24, 2.45) is 0 Å². The van der Waals surface area contributed by atoms with E-state index in [1.54, 1.807) is 0 Å². The Balaban J connectivity index is 1.66. The van der Waals surface area contributed by atoms with Gasteiger partial charge in [-0.1, -0.05) is 41.9 Å². The molecule has 5 nitrogen and oxygen atoms in total. The third-order valence-electron chi connectivity index (χ3n) is 4.46. The van der Waals surface area contributed by atoms with Crippen molar-refractivity contribution in [2.45, 2.75) is 6.42 Å². The Morgan fingerprint density at radius 2 is 1.77 bits per heavy atom. The highest BCUT2D eigenvalue weighted by Crippen LogP contribution is 2.38. The van der Waals surface area contributed by atoms with Crippen LogP contribution in [-0.4, -0.2) is 10.8 Å². The van der Waals surface area contributed by atoms with Gasteiger partial charge in [-0.15, -0.1) is 0 Å². The van der Waals surface area contributed by atoms with Gasteiger partial charge in [0, 0.05) is 16.8 Å². The number of hydrogen-bond donors (Lipinski definition) is 1. The highest BCUT2D eigenvalue weighted by molar-refractivity contribution is 6.31. The molecule has 0 saturated heterocycles. The number of nitrogens with zero attached hydrogens (tertiary/aromatic N) is 1. The van der Waals surface area contributed by atoms with Crippen molar-refractivity contribution in [3.8, 4) is 11.1 Å². The number of nitro groups is 1. The third-order valence-corrected chi connectivity index (χ3v) is 4.69. The van der Waals surface area contributed by atoms with Crippen molar-refractivity contribution in [1.29, 1.82) is 0 Å². The first-order chi connectivity index (χ1) is 12.5. The van der Waals surface area contributed by atoms with Crippen LogP contribution in [0.2, 0.25) is 5.02 Å². The van der Waals surface area contributed by atoms with Gasteiger partial charge in [0.25, 0.3) is 11.6 Å². The van der Waals surface area contributed by atoms with Crippen LogP contribution in [0.4, 0.5) is 11.4 Å². The number of hydrogen-bond acceptors (Lipinski definition) is 3. The fraction of sp³-hybridized carbons (Fsp3) is 0.0500. The smallest absolute Gasteiger partial charge is 0.283 e. The van der Waals surface area contributed by atoms with Gasteiger partial charge in [0.1, 0.15) is 5.56 Å². The number of amides is 1. The maximum atomic E-state index is 12.5. The van der Waals surface area contributed by atoms with Crippen molar-refractivity contribution in [1.82, 2.24) is 0 Å². The van der Waals surface area contributed by atoms with Crippen LogP contribution >= 0.6 is 11.6 Å². The summed E-state index contributed by atoms with van der Waals surface area (Å²) in [5, 5.41) is 14.1. The van der Waals surface area contributed by atoms with Crippen LogP contribution in [0, 0.1) is 10.1 Å². The minimum Gasteiger partial charge on any atom is -0.322 e. The Labute approximate surface area is 154 Å². The van der Waals surface area contributed by atoms with Crippen LogP contribution < -0.4 is 5.32 Å². The fourth-order valence-electron chi connectivity index (χ4n) is 3.25. The summed E-state index contributed by atoms with van der Waals surface area (Å²) >= 11 is 5.80. The Hall–Kier alpha value is -3.18. The van der Waals surface area contributed by atoms with Gasteiger partial charge in [-0.25, -0.2) is 0 Å². The van der Waals surface area contributed by atoms with Crippen LogP contribution in [0.5, 0.6) is 0 Å². The van der Waals surface area contributed by atoms with Crippen LogP contribution in [0.1, 0.15) is 21.5 Å². The first kappa shape index (κ1) is 16.3. The summed E-state index contributed by atoms with van der Waals surface area (Å²) in [4.78, 5) is 23.1. The van der Waals surface area contributed by atoms with E-state index in [2.05, 4.69) is 17.4 Å². The summed E-state index contributed by atoms with van der Waals surface area (Å²) in [5.41, 5.74) is 4.91. The van der Waals surface area contributed by atoms with Gasteiger partial charge in [-0.3, -0.25) is 14.9 Å². The summed E-state index contributed by atoms with van der Waals surface area (Å²) in [7, 11) is 0. The molecule has 0 bridgehead atoms. The minimum atomic E-state index is -0.611. The Kier molecular flexibility index (Phi) is 3.93. The molecule has 0 heterocycles. The second-order valence-electron chi connectivity index (χ2n) is 6.08. The molecule has 0 spiro atoms. The molecule has 0 aliphatic heterocycles. The van der Waals surface area contributed by atoms with Gasteiger partial charge in [0.15, 0.2) is 0 Å². The first-order valence-corrected chi connectivity index (χ1v) is 8.37. The van der Waals surface area contributed by atoms with E-state index in [-0.39, 0.29) is 16.3 Å². The molecule has 3 aromatic carbocycles. The molecule has 6 heteroatoms. The third kappa shape index (κ3) is 2.82. The molecule has 0 unspecified atom stereocenters. The molecule has 1 N–H and O–H groups in total. The zero-order valence-corrected chi connectivity index (χ0v) is 14.3. The zero-order valence-electron chi connectivity index (χ0n) is 13.5. The number of fused-ring (bicyclic) bond motifs is 3. The molecule has 0 fully saturated rings. The molecule has 1 aliphatic rings. The van der Waals surface area contributed by atoms with Crippen molar-refractivity contribution in [3.05, 3.63) is 92.5 Å². The SMILES string of the molecule is O=C(Nc1ccc2c(c1)-c1ccccc1C2)c1ccc(Cl)cc1[N+](=O)[O-]. The lowest BCUT2D eigenvalue weighted by Crippen LogP contribution is -2.14. The van der Waals surface area contributed by atoms with Crippen molar-refractivity contribution >= 4 is 28.9 Å². The maximum Gasteiger partial charge on any atom is 0.283 e. The number of anilines is 1. The molecule has 4 rings (SSSR count). The topological polar surface area (TPSA) is 72.2 Å². The van der Waals surface area contributed by atoms with Crippen molar-refractivity contribution < 1.29 is 9.72 Å². The normalized spacial score (nSPS) is 11.6. The minimum absolute atomic E-state index is 0.0275. The second kappa shape index (κ2) is 6.28. The average Bonchev–Trinajstić information content (AvgIpc) is 2.99. The van der Waals surface area contributed by atoms with Gasteiger partial charge in [0.05, 0.1) is 4.92 Å². The molecular weight excluding hydrogens is 352 g/mol. The lowest BCUT2D eigenvalue weighted by Gasteiger charge is -2.09. The number of carbonyl (C=O) groups excluding carboxylic acids is 1. The maximum absolute atomic E-state index is 12.5. The summed E-state index contributed by atoms with van der Waals surface area (Å²) in [6.45, 7) is 0. The summed E-state index contributed by atoms with van der Waals surface area (Å²) in [6.07, 6.45) is 0.863. The molecule has 0 atom stereocenters. The molecule has 1 amide bonds. The first-order valence-electron chi connectivity index (χ1n) is 7.99. The Morgan fingerprint density at radius 1 is 1.00 bits per heavy atom. The van der Waals surface area contributed by atoms with Crippen molar-refractivity contribution in [3.63, 3.8) is 0 Å². The van der Waals surface area contributed by atoms with Crippen LogP contribution in [-0.2, 0) is 6.42 Å². The van der Waals surface area contributed by atoms with Gasteiger partial charge < -0.3 is 5.32 Å². The highest BCUT2D eigenvalue weighted by atomic mass is 35.5. The predicted molar refractivity (Wildman–Crippen MR) is 101 cm³/mol. The standard InChI is InChI=1S/C20H13ClN2O3/c21-14-6-8-17(19(10-14)23(25)26)20(24)22-15-7-5-13-9-12-3-1-2-4-16(12)18(13)11-15/h1-8,10-11H,9H2,(H,22,24). The molecule has 3 aromatic rings. The number of rotatable bonds is 3. The van der Waals surface area contributed by atoms with Crippen LogP contribution in [0.3, 0.4) is 0 Å². The fourth-order valence-corrected chi connectivity index (χ4v) is 3.41. The lowest BCUT2D eigenvalue weighted by molar-refractivity contribution is -0.385. The van der Waals surface area contributed by atoms with E-state index in [0.717, 1.165) is 17.5 Å². The van der Waals surface area contributed by atoms with E-state index in [9.17, 15) is 14.9 Å². The van der Waals surface area contributed by atoms with Gasteiger partial charge in [-0.2, -0.15) is 0 Å². The van der Waals surface area contributed by atoms with E-state index in [4.69, 9.17) is 11.6 Å². The largest absolute Gasteiger partial charge is 0.322 e. The summed E-state index contributed by atoms with van der Waals surface area (Å²) in [6, 6.07) is 17.8. The van der Waals surface area contributed by atoms with Gasteiger partial charge in [-0.05, 0) is 52.9 Å². The van der Waals surface area contributed by atoms with E-state index in [1.807, 2.05) is 30.3 Å². The van der Waals surface area contributed by atoms with E-state index in [1.165, 1.54) is 29.3 Å². The van der Waals surface area contributed by atoms with E-state index >= 15 is 0 Å². The molecule has 128 valence electrons. The van der Waals surface area contributed by atoms with Crippen LogP contribution in [0.25, 0.3) is 11.1 Å². The van der Waals surface area contributed by atoms with Gasteiger partial charge in [0.2, 0.25) is 0 Å². The highest BCUT2D eigenvalue weighted by Gasteiger charge is 2.22. The number of halogens is 1. The molecule has 1 aliphatic carbocycles. The molecule has 0 saturated carbocycles. The van der Waals surface area contributed by atoms with Gasteiger partial charge >= 0.3 is 0 Å². The average molecular weight is 365 g/mol. The molecule has 26 heavy (non-hydrogen) atoms. The number of nitro benzene ring substituents is 1.